The van der Waals surface area contributed by atoms with Crippen molar-refractivity contribution < 1.29 is 0 Å². The molecule has 1 aromatic rings. The second-order valence-electron chi connectivity index (χ2n) is 4.54. The Morgan fingerprint density at radius 3 is 2.83 bits per heavy atom. The minimum Gasteiger partial charge on any atom is -0.370 e. The van der Waals surface area contributed by atoms with Gasteiger partial charge in [0.25, 0.3) is 0 Å². The molecule has 100 valence electrons. The van der Waals surface area contributed by atoms with Crippen LogP contribution in [0.25, 0.3) is 0 Å². The number of nitrogens with one attached hydrogen (secondary N) is 2. The van der Waals surface area contributed by atoms with Gasteiger partial charge in [-0.3, -0.25) is 0 Å². The number of hydrogen-bond donors (Lipinski definition) is 2. The molecule has 0 amide bonds. The molecule has 1 atom stereocenters. The maximum absolute atomic E-state index is 4.60. The van der Waals surface area contributed by atoms with Crippen molar-refractivity contribution >= 4 is 23.4 Å². The van der Waals surface area contributed by atoms with E-state index in [1.54, 1.807) is 0 Å². The molecule has 2 heterocycles. The second-order valence-corrected chi connectivity index (χ2v) is 5.69. The SMILES string of the molecule is CCCc1nc(NCC)cc(NC2CCSC2)n1. The molecule has 4 nitrogen and oxygen atoms in total. The molecule has 2 N–H and O–H groups in total. The van der Waals surface area contributed by atoms with Crippen LogP contribution in [-0.2, 0) is 6.42 Å². The molecule has 1 unspecified atom stereocenters. The topological polar surface area (TPSA) is 49.8 Å². The highest BCUT2D eigenvalue weighted by Gasteiger charge is 2.16. The van der Waals surface area contributed by atoms with E-state index < -0.39 is 0 Å². The molecule has 1 aliphatic heterocycles. The van der Waals surface area contributed by atoms with Crippen molar-refractivity contribution in [2.24, 2.45) is 0 Å². The molecule has 0 saturated carbocycles. The highest BCUT2D eigenvalue weighted by Crippen LogP contribution is 2.21. The van der Waals surface area contributed by atoms with E-state index in [9.17, 15) is 0 Å². The third kappa shape index (κ3) is 3.77. The van der Waals surface area contributed by atoms with Crippen LogP contribution in [0.1, 0.15) is 32.5 Å². The fraction of sp³-hybridized carbons (Fsp3) is 0.692. The molecular formula is C13H22N4S. The van der Waals surface area contributed by atoms with E-state index >= 15 is 0 Å². The summed E-state index contributed by atoms with van der Waals surface area (Å²) in [5.74, 6) is 5.28. The minimum absolute atomic E-state index is 0.564. The van der Waals surface area contributed by atoms with E-state index in [4.69, 9.17) is 0 Å². The monoisotopic (exact) mass is 266 g/mol. The lowest BCUT2D eigenvalue weighted by molar-refractivity contribution is 0.791. The summed E-state index contributed by atoms with van der Waals surface area (Å²) in [7, 11) is 0. The maximum Gasteiger partial charge on any atom is 0.133 e. The lowest BCUT2D eigenvalue weighted by Gasteiger charge is -2.14. The van der Waals surface area contributed by atoms with Gasteiger partial charge in [0.1, 0.15) is 17.5 Å². The lowest BCUT2D eigenvalue weighted by Crippen LogP contribution is -2.19. The van der Waals surface area contributed by atoms with Crippen molar-refractivity contribution in [3.05, 3.63) is 11.9 Å². The van der Waals surface area contributed by atoms with Crippen LogP contribution >= 0.6 is 11.8 Å². The molecule has 0 bridgehead atoms. The Labute approximate surface area is 113 Å². The summed E-state index contributed by atoms with van der Waals surface area (Å²) < 4.78 is 0. The molecule has 0 aromatic carbocycles. The first kappa shape index (κ1) is 13.5. The van der Waals surface area contributed by atoms with E-state index in [1.165, 1.54) is 17.9 Å². The number of aryl methyl sites for hydroxylation is 1. The summed E-state index contributed by atoms with van der Waals surface area (Å²) in [6.45, 7) is 5.13. The number of anilines is 2. The average Bonchev–Trinajstić information content (AvgIpc) is 2.82. The van der Waals surface area contributed by atoms with Gasteiger partial charge in [0.2, 0.25) is 0 Å². The van der Waals surface area contributed by atoms with Crippen molar-refractivity contribution in [2.75, 3.05) is 28.7 Å². The quantitative estimate of drug-likeness (QED) is 0.829. The Balaban J connectivity index is 2.10. The molecule has 0 radical (unpaired) electrons. The van der Waals surface area contributed by atoms with Gasteiger partial charge in [-0.1, -0.05) is 6.92 Å². The van der Waals surface area contributed by atoms with Gasteiger partial charge in [0.15, 0.2) is 0 Å². The van der Waals surface area contributed by atoms with Crippen LogP contribution in [0.4, 0.5) is 11.6 Å². The number of rotatable bonds is 6. The van der Waals surface area contributed by atoms with Crippen molar-refractivity contribution in [3.8, 4) is 0 Å². The van der Waals surface area contributed by atoms with E-state index in [0.29, 0.717) is 6.04 Å². The normalized spacial score (nSPS) is 18.9. The van der Waals surface area contributed by atoms with Crippen molar-refractivity contribution in [2.45, 2.75) is 39.2 Å². The fourth-order valence-corrected chi connectivity index (χ4v) is 3.19. The zero-order valence-corrected chi connectivity index (χ0v) is 12.0. The molecular weight excluding hydrogens is 244 g/mol. The Kier molecular flexibility index (Phi) is 5.11. The fourth-order valence-electron chi connectivity index (χ4n) is 2.04. The number of aromatic nitrogens is 2. The molecule has 0 aliphatic carbocycles. The lowest BCUT2D eigenvalue weighted by atomic mass is 10.2. The van der Waals surface area contributed by atoms with Gasteiger partial charge in [-0.15, -0.1) is 0 Å². The van der Waals surface area contributed by atoms with Gasteiger partial charge in [0, 0.05) is 30.8 Å². The molecule has 18 heavy (non-hydrogen) atoms. The van der Waals surface area contributed by atoms with Gasteiger partial charge in [-0.2, -0.15) is 11.8 Å². The third-order valence-electron chi connectivity index (χ3n) is 2.89. The zero-order chi connectivity index (χ0) is 12.8. The molecule has 1 saturated heterocycles. The molecule has 5 heteroatoms. The van der Waals surface area contributed by atoms with E-state index in [0.717, 1.165) is 36.8 Å². The predicted octanol–water partition coefficient (Wildman–Crippen LogP) is 2.78. The first-order valence-corrected chi connectivity index (χ1v) is 7.93. The number of hydrogen-bond acceptors (Lipinski definition) is 5. The van der Waals surface area contributed by atoms with Gasteiger partial charge < -0.3 is 10.6 Å². The van der Waals surface area contributed by atoms with Crippen LogP contribution < -0.4 is 10.6 Å². The van der Waals surface area contributed by atoms with E-state index in [2.05, 4.69) is 34.4 Å². The molecule has 1 aliphatic rings. The Hall–Kier alpha value is -0.970. The second kappa shape index (κ2) is 6.83. The summed E-state index contributed by atoms with van der Waals surface area (Å²) >= 11 is 2.01. The minimum atomic E-state index is 0.564. The van der Waals surface area contributed by atoms with E-state index in [1.807, 2.05) is 17.8 Å². The van der Waals surface area contributed by atoms with Crippen LogP contribution in [-0.4, -0.2) is 34.1 Å². The molecule has 0 spiro atoms. The molecule has 1 fully saturated rings. The Bertz CT molecular complexity index is 353. The number of thioether (sulfide) groups is 1. The van der Waals surface area contributed by atoms with Crippen molar-refractivity contribution in [1.29, 1.82) is 0 Å². The summed E-state index contributed by atoms with van der Waals surface area (Å²) in [6, 6.07) is 2.58. The number of nitrogens with zero attached hydrogens (tertiary/aromatic N) is 2. The Morgan fingerprint density at radius 2 is 2.17 bits per heavy atom. The van der Waals surface area contributed by atoms with Crippen LogP contribution in [0.5, 0.6) is 0 Å². The summed E-state index contributed by atoms with van der Waals surface area (Å²) in [6.07, 6.45) is 3.25. The first-order chi connectivity index (χ1) is 8.81. The van der Waals surface area contributed by atoms with Crippen molar-refractivity contribution in [3.63, 3.8) is 0 Å². The first-order valence-electron chi connectivity index (χ1n) is 6.78. The van der Waals surface area contributed by atoms with Gasteiger partial charge >= 0.3 is 0 Å². The Morgan fingerprint density at radius 1 is 1.33 bits per heavy atom. The van der Waals surface area contributed by atoms with E-state index in [-0.39, 0.29) is 0 Å². The molecule has 2 rings (SSSR count). The standard InChI is InChI=1S/C13H22N4S/c1-3-5-11-16-12(14-4-2)8-13(17-11)15-10-6-7-18-9-10/h8,10H,3-7,9H2,1-2H3,(H2,14,15,16,17). The van der Waals surface area contributed by atoms with Crippen LogP contribution in [0.2, 0.25) is 0 Å². The van der Waals surface area contributed by atoms with Crippen LogP contribution in [0, 0.1) is 0 Å². The largest absolute Gasteiger partial charge is 0.370 e. The highest BCUT2D eigenvalue weighted by atomic mass is 32.2. The summed E-state index contributed by atoms with van der Waals surface area (Å²) in [5, 5.41) is 6.80. The molecule has 1 aromatic heterocycles. The predicted molar refractivity (Wildman–Crippen MR) is 79.5 cm³/mol. The van der Waals surface area contributed by atoms with Gasteiger partial charge in [0.05, 0.1) is 0 Å². The summed E-state index contributed by atoms with van der Waals surface area (Å²) in [5.41, 5.74) is 0. The zero-order valence-electron chi connectivity index (χ0n) is 11.2. The van der Waals surface area contributed by atoms with Gasteiger partial charge in [-0.05, 0) is 25.5 Å². The van der Waals surface area contributed by atoms with Crippen molar-refractivity contribution in [1.82, 2.24) is 9.97 Å². The van der Waals surface area contributed by atoms with Crippen LogP contribution in [0.15, 0.2) is 6.07 Å². The highest BCUT2D eigenvalue weighted by molar-refractivity contribution is 7.99. The van der Waals surface area contributed by atoms with Crippen LogP contribution in [0.3, 0.4) is 0 Å². The smallest absolute Gasteiger partial charge is 0.133 e. The third-order valence-corrected chi connectivity index (χ3v) is 4.05. The maximum atomic E-state index is 4.60. The van der Waals surface area contributed by atoms with Gasteiger partial charge in [-0.25, -0.2) is 9.97 Å². The summed E-state index contributed by atoms with van der Waals surface area (Å²) in [4.78, 5) is 9.12. The average molecular weight is 266 g/mol.